The third-order valence-corrected chi connectivity index (χ3v) is 4.07. The lowest BCUT2D eigenvalue weighted by Gasteiger charge is -2.15. The predicted octanol–water partition coefficient (Wildman–Crippen LogP) is 2.68. The lowest BCUT2D eigenvalue weighted by Crippen LogP contribution is -2.36. The number of ether oxygens (including phenoxy) is 3. The fourth-order valence-electron chi connectivity index (χ4n) is 2.57. The molecule has 1 heterocycles. The molecule has 152 valence electrons. The fourth-order valence-corrected chi connectivity index (χ4v) is 2.57. The van der Waals surface area contributed by atoms with Crippen LogP contribution in [0, 0.1) is 6.92 Å². The fraction of sp³-hybridized carbons (Fsp3) is 0.429. The second-order valence-electron chi connectivity index (χ2n) is 6.26. The monoisotopic (exact) mass is 386 g/mol. The first kappa shape index (κ1) is 21.5. The standard InChI is InChI=1S/C21H30N4O3/c1-16-9-10-17(19(13-16)28-12-6-11-26-3)14-23-21(22-2)24-15-18-7-5-8-20(25-18)27-4/h5,7-10,13H,6,11-12,14-15H2,1-4H3,(H2,22,23,24). The van der Waals surface area contributed by atoms with Crippen molar-refractivity contribution in [2.24, 2.45) is 4.99 Å². The number of aryl methyl sites for hydroxylation is 1. The molecule has 0 aliphatic heterocycles. The Hall–Kier alpha value is -2.80. The van der Waals surface area contributed by atoms with Crippen LogP contribution in [0.1, 0.15) is 23.2 Å². The number of aliphatic imine (C=N–C) groups is 1. The minimum Gasteiger partial charge on any atom is -0.493 e. The Morgan fingerprint density at radius 1 is 1.07 bits per heavy atom. The van der Waals surface area contributed by atoms with E-state index in [9.17, 15) is 0 Å². The van der Waals surface area contributed by atoms with Crippen molar-refractivity contribution in [2.45, 2.75) is 26.4 Å². The second kappa shape index (κ2) is 11.8. The van der Waals surface area contributed by atoms with Gasteiger partial charge in [-0.25, -0.2) is 4.98 Å². The average molecular weight is 386 g/mol. The van der Waals surface area contributed by atoms with Crippen LogP contribution in [0.5, 0.6) is 11.6 Å². The summed E-state index contributed by atoms with van der Waals surface area (Å²) in [6.45, 7) is 4.52. The van der Waals surface area contributed by atoms with Crippen LogP contribution in [0.2, 0.25) is 0 Å². The van der Waals surface area contributed by atoms with E-state index < -0.39 is 0 Å². The summed E-state index contributed by atoms with van der Waals surface area (Å²) in [6, 6.07) is 11.9. The van der Waals surface area contributed by atoms with Crippen molar-refractivity contribution in [2.75, 3.05) is 34.5 Å². The maximum atomic E-state index is 5.94. The Morgan fingerprint density at radius 3 is 2.64 bits per heavy atom. The van der Waals surface area contributed by atoms with Crippen LogP contribution in [0.15, 0.2) is 41.4 Å². The maximum absolute atomic E-state index is 5.94. The molecule has 0 unspecified atom stereocenters. The summed E-state index contributed by atoms with van der Waals surface area (Å²) in [5, 5.41) is 6.58. The summed E-state index contributed by atoms with van der Waals surface area (Å²) >= 11 is 0. The van der Waals surface area contributed by atoms with Crippen LogP contribution in [-0.2, 0) is 17.8 Å². The van der Waals surface area contributed by atoms with Crippen molar-refractivity contribution in [3.63, 3.8) is 0 Å². The number of benzene rings is 1. The summed E-state index contributed by atoms with van der Waals surface area (Å²) < 4.78 is 16.2. The van der Waals surface area contributed by atoms with E-state index in [4.69, 9.17) is 14.2 Å². The highest BCUT2D eigenvalue weighted by molar-refractivity contribution is 5.79. The van der Waals surface area contributed by atoms with Gasteiger partial charge in [-0.15, -0.1) is 0 Å². The van der Waals surface area contributed by atoms with Gasteiger partial charge in [0.05, 0.1) is 26.0 Å². The Bertz CT molecular complexity index is 765. The first-order valence-electron chi connectivity index (χ1n) is 9.32. The van der Waals surface area contributed by atoms with E-state index in [1.54, 1.807) is 21.3 Å². The predicted molar refractivity (Wildman–Crippen MR) is 111 cm³/mol. The maximum Gasteiger partial charge on any atom is 0.213 e. The van der Waals surface area contributed by atoms with Crippen molar-refractivity contribution < 1.29 is 14.2 Å². The molecule has 1 aromatic heterocycles. The van der Waals surface area contributed by atoms with Crippen LogP contribution < -0.4 is 20.1 Å². The normalized spacial score (nSPS) is 11.2. The number of methoxy groups -OCH3 is 2. The molecule has 0 amide bonds. The van der Waals surface area contributed by atoms with Gasteiger partial charge in [0.2, 0.25) is 5.88 Å². The zero-order valence-corrected chi connectivity index (χ0v) is 17.1. The molecule has 0 spiro atoms. The Balaban J connectivity index is 1.91. The number of pyridine rings is 1. The highest BCUT2D eigenvalue weighted by Gasteiger charge is 2.07. The number of guanidine groups is 1. The van der Waals surface area contributed by atoms with Gasteiger partial charge in [0.15, 0.2) is 5.96 Å². The second-order valence-corrected chi connectivity index (χ2v) is 6.26. The van der Waals surface area contributed by atoms with Crippen molar-refractivity contribution >= 4 is 5.96 Å². The van der Waals surface area contributed by atoms with Crippen LogP contribution in [-0.4, -0.2) is 45.4 Å². The third kappa shape index (κ3) is 7.08. The zero-order chi connectivity index (χ0) is 20.2. The van der Waals surface area contributed by atoms with Gasteiger partial charge in [0.25, 0.3) is 0 Å². The summed E-state index contributed by atoms with van der Waals surface area (Å²) in [7, 11) is 5.05. The Kier molecular flexibility index (Phi) is 9.07. The molecule has 0 fully saturated rings. The quantitative estimate of drug-likeness (QED) is 0.371. The van der Waals surface area contributed by atoms with Crippen molar-refractivity contribution in [1.82, 2.24) is 15.6 Å². The van der Waals surface area contributed by atoms with Crippen molar-refractivity contribution in [3.05, 3.63) is 53.2 Å². The molecule has 7 heteroatoms. The average Bonchev–Trinajstić information content (AvgIpc) is 2.72. The molecule has 0 aliphatic carbocycles. The van der Waals surface area contributed by atoms with E-state index in [0.717, 1.165) is 29.0 Å². The van der Waals surface area contributed by atoms with E-state index in [0.29, 0.717) is 38.1 Å². The number of nitrogens with one attached hydrogen (secondary N) is 2. The molecule has 7 nitrogen and oxygen atoms in total. The highest BCUT2D eigenvalue weighted by atomic mass is 16.5. The molecular weight excluding hydrogens is 356 g/mol. The van der Waals surface area contributed by atoms with E-state index in [1.807, 2.05) is 18.2 Å². The van der Waals surface area contributed by atoms with Gasteiger partial charge in [0.1, 0.15) is 5.75 Å². The first-order chi connectivity index (χ1) is 13.7. The molecule has 0 bridgehead atoms. The summed E-state index contributed by atoms with van der Waals surface area (Å²) in [4.78, 5) is 8.66. The molecule has 1 aromatic carbocycles. The topological polar surface area (TPSA) is 77.0 Å². The molecular formula is C21H30N4O3. The van der Waals surface area contributed by atoms with E-state index >= 15 is 0 Å². The summed E-state index contributed by atoms with van der Waals surface area (Å²) in [5.41, 5.74) is 3.11. The van der Waals surface area contributed by atoms with Crippen molar-refractivity contribution in [1.29, 1.82) is 0 Å². The number of hydrogen-bond acceptors (Lipinski definition) is 5. The number of rotatable bonds is 10. The van der Waals surface area contributed by atoms with Crippen molar-refractivity contribution in [3.8, 4) is 11.6 Å². The van der Waals surface area contributed by atoms with Crippen LogP contribution in [0.4, 0.5) is 0 Å². The lowest BCUT2D eigenvalue weighted by atomic mass is 10.1. The van der Waals surface area contributed by atoms with Gasteiger partial charge in [-0.2, -0.15) is 0 Å². The van der Waals surface area contributed by atoms with Gasteiger partial charge in [-0.3, -0.25) is 4.99 Å². The highest BCUT2D eigenvalue weighted by Crippen LogP contribution is 2.20. The van der Waals surface area contributed by atoms with Gasteiger partial charge < -0.3 is 24.8 Å². The van der Waals surface area contributed by atoms with E-state index in [-0.39, 0.29) is 0 Å². The van der Waals surface area contributed by atoms with Crippen LogP contribution >= 0.6 is 0 Å². The number of hydrogen-bond donors (Lipinski definition) is 2. The third-order valence-electron chi connectivity index (χ3n) is 4.07. The van der Waals surface area contributed by atoms with Gasteiger partial charge in [-0.05, 0) is 24.6 Å². The number of aromatic nitrogens is 1. The Labute approximate surface area is 167 Å². The molecule has 2 rings (SSSR count). The molecule has 0 saturated heterocycles. The Morgan fingerprint density at radius 2 is 1.89 bits per heavy atom. The zero-order valence-electron chi connectivity index (χ0n) is 17.1. The van der Waals surface area contributed by atoms with Crippen LogP contribution in [0.3, 0.4) is 0 Å². The SMILES string of the molecule is CN=C(NCc1cccc(OC)n1)NCc1ccc(C)cc1OCCCOC. The summed E-state index contributed by atoms with van der Waals surface area (Å²) in [5.74, 6) is 2.17. The minimum absolute atomic E-state index is 0.547. The molecule has 0 atom stereocenters. The van der Waals surface area contributed by atoms with Gasteiger partial charge in [-0.1, -0.05) is 18.2 Å². The molecule has 2 aromatic rings. The molecule has 0 radical (unpaired) electrons. The molecule has 0 aliphatic rings. The van der Waals surface area contributed by atoms with Crippen LogP contribution in [0.25, 0.3) is 0 Å². The summed E-state index contributed by atoms with van der Waals surface area (Å²) in [6.07, 6.45) is 0.855. The van der Waals surface area contributed by atoms with E-state index in [2.05, 4.69) is 45.7 Å². The lowest BCUT2D eigenvalue weighted by molar-refractivity contribution is 0.171. The largest absolute Gasteiger partial charge is 0.493 e. The number of nitrogens with zero attached hydrogens (tertiary/aromatic N) is 2. The smallest absolute Gasteiger partial charge is 0.213 e. The minimum atomic E-state index is 0.547. The van der Waals surface area contributed by atoms with E-state index in [1.165, 1.54) is 0 Å². The van der Waals surface area contributed by atoms with Gasteiger partial charge in [0, 0.05) is 45.4 Å². The first-order valence-corrected chi connectivity index (χ1v) is 9.32. The molecule has 2 N–H and O–H groups in total. The molecule has 0 saturated carbocycles. The van der Waals surface area contributed by atoms with Gasteiger partial charge >= 0.3 is 0 Å². The molecule has 28 heavy (non-hydrogen) atoms.